The van der Waals surface area contributed by atoms with Crippen LogP contribution in [0.5, 0.6) is 0 Å². The summed E-state index contributed by atoms with van der Waals surface area (Å²) in [4.78, 5) is 15.1. The molecule has 0 radical (unpaired) electrons. The second kappa shape index (κ2) is 3.78. The number of carbonyl (C=O) groups is 1. The number of carbonyl (C=O) groups excluding carboxylic acids is 1. The summed E-state index contributed by atoms with van der Waals surface area (Å²) in [6, 6.07) is 5.48. The van der Waals surface area contributed by atoms with E-state index < -0.39 is 0 Å². The van der Waals surface area contributed by atoms with Gasteiger partial charge in [-0.1, -0.05) is 0 Å². The fourth-order valence-electron chi connectivity index (χ4n) is 1.69. The molecule has 0 spiro atoms. The van der Waals surface area contributed by atoms with E-state index in [0.29, 0.717) is 5.56 Å². The van der Waals surface area contributed by atoms with Gasteiger partial charge < -0.3 is 0 Å². The molecule has 3 rings (SSSR count). The topological polar surface area (TPSA) is 47.3 Å². The van der Waals surface area contributed by atoms with Crippen molar-refractivity contribution in [2.45, 2.75) is 6.92 Å². The van der Waals surface area contributed by atoms with Crippen LogP contribution >= 0.6 is 11.3 Å². The van der Waals surface area contributed by atoms with Crippen LogP contribution in [-0.2, 0) is 0 Å². The summed E-state index contributed by atoms with van der Waals surface area (Å²) < 4.78 is 1.75. The van der Waals surface area contributed by atoms with Crippen LogP contribution in [0.15, 0.2) is 29.8 Å². The second-order valence-corrected chi connectivity index (χ2v) is 4.79. The van der Waals surface area contributed by atoms with E-state index >= 15 is 0 Å². The fourth-order valence-corrected chi connectivity index (χ4v) is 2.30. The third kappa shape index (κ3) is 1.74. The molecule has 0 bridgehead atoms. The molecular weight excluding hydrogens is 234 g/mol. The molecule has 17 heavy (non-hydrogen) atoms. The molecule has 0 aromatic carbocycles. The van der Waals surface area contributed by atoms with E-state index in [9.17, 15) is 4.79 Å². The first-order chi connectivity index (χ1) is 8.26. The summed E-state index contributed by atoms with van der Waals surface area (Å²) in [5.74, 6) is 0. The Balaban J connectivity index is 2.16. The Labute approximate surface area is 102 Å². The lowest BCUT2D eigenvalue weighted by Gasteiger charge is -1.92. The maximum Gasteiger partial charge on any atom is 0.150 e. The molecule has 84 valence electrons. The fraction of sp³-hybridized carbons (Fsp3) is 0.0833. The van der Waals surface area contributed by atoms with Gasteiger partial charge in [0.05, 0.1) is 10.5 Å². The van der Waals surface area contributed by atoms with Crippen molar-refractivity contribution in [1.82, 2.24) is 14.6 Å². The van der Waals surface area contributed by atoms with Gasteiger partial charge in [0.15, 0.2) is 0 Å². The number of aromatic nitrogens is 3. The van der Waals surface area contributed by atoms with Crippen LogP contribution in [0.25, 0.3) is 16.9 Å². The Morgan fingerprint density at radius 2 is 2.24 bits per heavy atom. The van der Waals surface area contributed by atoms with Gasteiger partial charge in [-0.05, 0) is 25.1 Å². The van der Waals surface area contributed by atoms with E-state index in [0.717, 1.165) is 28.2 Å². The first-order valence-corrected chi connectivity index (χ1v) is 6.01. The summed E-state index contributed by atoms with van der Waals surface area (Å²) >= 11 is 1.60. The molecule has 3 heterocycles. The maximum atomic E-state index is 10.7. The van der Waals surface area contributed by atoms with E-state index in [1.54, 1.807) is 28.1 Å². The first kappa shape index (κ1) is 10.2. The summed E-state index contributed by atoms with van der Waals surface area (Å²) in [5, 5.41) is 7.42. The molecule has 3 aromatic heterocycles. The highest BCUT2D eigenvalue weighted by Gasteiger charge is 2.07. The van der Waals surface area contributed by atoms with Crippen molar-refractivity contribution in [3.8, 4) is 11.4 Å². The quantitative estimate of drug-likeness (QED) is 0.650. The molecule has 0 aliphatic heterocycles. The number of hydrogen-bond acceptors (Lipinski definition) is 4. The molecule has 0 fully saturated rings. The number of fused-ring (bicyclic) bond motifs is 1. The number of nitrogens with zero attached hydrogens (tertiary/aromatic N) is 3. The number of thiazole rings is 1. The van der Waals surface area contributed by atoms with Crippen molar-refractivity contribution >= 4 is 23.1 Å². The Bertz CT molecular complexity index is 699. The Hall–Kier alpha value is -2.01. The lowest BCUT2D eigenvalue weighted by Crippen LogP contribution is -1.88. The lowest BCUT2D eigenvalue weighted by molar-refractivity contribution is 0.112. The van der Waals surface area contributed by atoms with Gasteiger partial charge in [0.2, 0.25) is 0 Å². The molecular formula is C12H9N3OS. The minimum Gasteiger partial charge on any atom is -0.298 e. The van der Waals surface area contributed by atoms with Gasteiger partial charge in [0.1, 0.15) is 17.7 Å². The average Bonchev–Trinajstić information content (AvgIpc) is 2.93. The zero-order valence-corrected chi connectivity index (χ0v) is 9.94. The van der Waals surface area contributed by atoms with Crippen LogP contribution in [0.3, 0.4) is 0 Å². The van der Waals surface area contributed by atoms with E-state index in [1.807, 2.05) is 24.4 Å². The van der Waals surface area contributed by atoms with Crippen molar-refractivity contribution in [2.75, 3.05) is 0 Å². The minimum absolute atomic E-state index is 0.651. The van der Waals surface area contributed by atoms with Crippen LogP contribution in [0.4, 0.5) is 0 Å². The Morgan fingerprint density at radius 3 is 2.94 bits per heavy atom. The van der Waals surface area contributed by atoms with Crippen molar-refractivity contribution < 1.29 is 4.79 Å². The van der Waals surface area contributed by atoms with Gasteiger partial charge >= 0.3 is 0 Å². The van der Waals surface area contributed by atoms with E-state index in [2.05, 4.69) is 10.1 Å². The number of hydrogen-bond donors (Lipinski definition) is 0. The van der Waals surface area contributed by atoms with Gasteiger partial charge in [-0.15, -0.1) is 11.3 Å². The van der Waals surface area contributed by atoms with Crippen LogP contribution in [0.1, 0.15) is 15.4 Å². The summed E-state index contributed by atoms with van der Waals surface area (Å²) in [6.45, 7) is 1.97. The van der Waals surface area contributed by atoms with Crippen LogP contribution in [-0.4, -0.2) is 20.9 Å². The van der Waals surface area contributed by atoms with Gasteiger partial charge in [-0.3, -0.25) is 4.79 Å². The minimum atomic E-state index is 0.651. The van der Waals surface area contributed by atoms with Gasteiger partial charge in [0.25, 0.3) is 0 Å². The van der Waals surface area contributed by atoms with E-state index in [-0.39, 0.29) is 0 Å². The SMILES string of the molecule is Cc1nc(-c2cc3cc(C=O)ccn3n2)cs1. The van der Waals surface area contributed by atoms with Gasteiger partial charge in [0, 0.05) is 17.1 Å². The molecule has 3 aromatic rings. The summed E-state index contributed by atoms with van der Waals surface area (Å²) in [6.07, 6.45) is 2.61. The van der Waals surface area contributed by atoms with Crippen LogP contribution < -0.4 is 0 Å². The Morgan fingerprint density at radius 1 is 1.35 bits per heavy atom. The van der Waals surface area contributed by atoms with E-state index in [4.69, 9.17) is 0 Å². The summed E-state index contributed by atoms with van der Waals surface area (Å²) in [7, 11) is 0. The summed E-state index contributed by atoms with van der Waals surface area (Å²) in [5.41, 5.74) is 3.26. The van der Waals surface area contributed by atoms with Gasteiger partial charge in [-0.2, -0.15) is 5.10 Å². The predicted molar refractivity (Wildman–Crippen MR) is 66.4 cm³/mol. The zero-order valence-electron chi connectivity index (χ0n) is 9.12. The highest BCUT2D eigenvalue weighted by atomic mass is 32.1. The van der Waals surface area contributed by atoms with Crippen LogP contribution in [0.2, 0.25) is 0 Å². The second-order valence-electron chi connectivity index (χ2n) is 3.73. The number of pyridine rings is 1. The van der Waals surface area contributed by atoms with Gasteiger partial charge in [-0.25, -0.2) is 9.50 Å². The van der Waals surface area contributed by atoms with Crippen molar-refractivity contribution in [3.05, 3.63) is 40.3 Å². The number of aryl methyl sites for hydroxylation is 1. The monoisotopic (exact) mass is 243 g/mol. The molecule has 0 atom stereocenters. The number of aldehydes is 1. The predicted octanol–water partition coefficient (Wildman–Crippen LogP) is 2.58. The average molecular weight is 243 g/mol. The molecule has 0 aliphatic rings. The smallest absolute Gasteiger partial charge is 0.150 e. The Kier molecular flexibility index (Phi) is 2.26. The van der Waals surface area contributed by atoms with Crippen molar-refractivity contribution in [3.63, 3.8) is 0 Å². The zero-order chi connectivity index (χ0) is 11.8. The molecule has 0 saturated carbocycles. The molecule has 0 amide bonds. The third-order valence-electron chi connectivity index (χ3n) is 2.50. The van der Waals surface area contributed by atoms with Crippen LogP contribution in [0, 0.1) is 6.92 Å². The third-order valence-corrected chi connectivity index (χ3v) is 3.28. The first-order valence-electron chi connectivity index (χ1n) is 5.13. The molecule has 0 N–H and O–H groups in total. The molecule has 0 saturated heterocycles. The largest absolute Gasteiger partial charge is 0.298 e. The maximum absolute atomic E-state index is 10.7. The number of rotatable bonds is 2. The van der Waals surface area contributed by atoms with Crippen molar-refractivity contribution in [2.24, 2.45) is 0 Å². The molecule has 4 nitrogen and oxygen atoms in total. The lowest BCUT2D eigenvalue weighted by atomic mass is 10.2. The molecule has 5 heteroatoms. The highest BCUT2D eigenvalue weighted by Crippen LogP contribution is 2.21. The molecule has 0 aliphatic carbocycles. The normalized spacial score (nSPS) is 10.9. The van der Waals surface area contributed by atoms with E-state index in [1.165, 1.54) is 0 Å². The standard InChI is InChI=1S/C12H9N3OS/c1-8-13-12(7-17-8)11-5-10-4-9(6-16)2-3-15(10)14-11/h2-7H,1H3. The highest BCUT2D eigenvalue weighted by molar-refractivity contribution is 7.09. The van der Waals surface area contributed by atoms with Crippen molar-refractivity contribution in [1.29, 1.82) is 0 Å². The molecule has 0 unspecified atom stereocenters.